The first-order chi connectivity index (χ1) is 2.27. The second-order valence-corrected chi connectivity index (χ2v) is 1.31. The highest BCUT2D eigenvalue weighted by atomic mass is 31.2. The zero-order valence-electron chi connectivity index (χ0n) is 2.75. The van der Waals surface area contributed by atoms with Crippen molar-refractivity contribution < 1.29 is 14.3 Å². The van der Waals surface area contributed by atoms with E-state index >= 15 is 0 Å². The van der Waals surface area contributed by atoms with Crippen LogP contribution in [0.3, 0.4) is 0 Å². The van der Waals surface area contributed by atoms with E-state index < -0.39 is 8.60 Å². The van der Waals surface area contributed by atoms with Gasteiger partial charge in [0.05, 0.1) is 0 Å². The Morgan fingerprint density at radius 3 is 1.67 bits per heavy atom. The molecule has 0 aromatic heterocycles. The molecule has 0 saturated heterocycles. The van der Waals surface area contributed by atoms with Gasteiger partial charge in [-0.15, -0.1) is 0 Å². The van der Waals surface area contributed by atoms with E-state index in [0.717, 1.165) is 0 Å². The van der Waals surface area contributed by atoms with Crippen LogP contribution < -0.4 is 0 Å². The van der Waals surface area contributed by atoms with Crippen LogP contribution >= 0.6 is 8.60 Å². The van der Waals surface area contributed by atoms with Gasteiger partial charge in [-0.25, -0.2) is 0 Å². The van der Waals surface area contributed by atoms with Gasteiger partial charge in [0, 0.05) is 7.11 Å². The van der Waals surface area contributed by atoms with Gasteiger partial charge < -0.3 is 14.3 Å². The molecule has 0 aliphatic carbocycles. The highest BCUT2D eigenvalue weighted by Gasteiger charge is 1.86. The van der Waals surface area contributed by atoms with Crippen LogP contribution in [0.4, 0.5) is 0 Å². The van der Waals surface area contributed by atoms with Crippen LogP contribution in [-0.2, 0) is 4.52 Å². The monoisotopic (exact) mass is 126 g/mol. The molecule has 0 saturated carbocycles. The van der Waals surface area contributed by atoms with E-state index in [1.54, 1.807) is 0 Å². The standard InChI is InChI=1S/CH5O3P.Al.3H/c1-4-5(2)3;;;;/h2-3H,1H3;;;;. The maximum absolute atomic E-state index is 7.76. The van der Waals surface area contributed by atoms with Crippen molar-refractivity contribution in [2.75, 3.05) is 7.11 Å². The third kappa shape index (κ3) is 8.85. The predicted octanol–water partition coefficient (Wildman–Crippen LogP) is -1.34. The molecular weight excluding hydrogens is 118 g/mol. The van der Waals surface area contributed by atoms with Crippen molar-refractivity contribution in [3.8, 4) is 0 Å². The Balaban J connectivity index is 0. The zero-order chi connectivity index (χ0) is 4.28. The van der Waals surface area contributed by atoms with Gasteiger partial charge in [0.2, 0.25) is 0 Å². The predicted molar refractivity (Wildman–Crippen MR) is 28.3 cm³/mol. The van der Waals surface area contributed by atoms with E-state index in [4.69, 9.17) is 9.79 Å². The Morgan fingerprint density at radius 1 is 1.50 bits per heavy atom. The molecule has 0 rings (SSSR count). The summed E-state index contributed by atoms with van der Waals surface area (Å²) in [6.07, 6.45) is 0. The Bertz CT molecular complexity index is 24.8. The summed E-state index contributed by atoms with van der Waals surface area (Å²) in [4.78, 5) is 15.5. The minimum atomic E-state index is -2.10. The maximum atomic E-state index is 7.76. The Morgan fingerprint density at radius 2 is 1.67 bits per heavy atom. The Hall–Kier alpha value is 0.842. The normalized spacial score (nSPS) is 8.00. The van der Waals surface area contributed by atoms with Gasteiger partial charge >= 0.3 is 8.60 Å². The summed E-state index contributed by atoms with van der Waals surface area (Å²) < 4.78 is 3.93. The van der Waals surface area contributed by atoms with Crippen molar-refractivity contribution in [2.45, 2.75) is 0 Å². The van der Waals surface area contributed by atoms with Crippen LogP contribution in [-0.4, -0.2) is 34.3 Å². The van der Waals surface area contributed by atoms with Crippen LogP contribution in [0.1, 0.15) is 0 Å². The lowest BCUT2D eigenvalue weighted by molar-refractivity contribution is 0.310. The molecule has 6 heavy (non-hydrogen) atoms. The summed E-state index contributed by atoms with van der Waals surface area (Å²) >= 11 is 0. The fraction of sp³-hybridized carbons (Fsp3) is 1.00. The molecule has 0 heterocycles. The average Bonchev–Trinajstić information content (AvgIpc) is 1.38. The van der Waals surface area contributed by atoms with Crippen LogP contribution in [0.5, 0.6) is 0 Å². The molecular formula is CH8AlO3P. The van der Waals surface area contributed by atoms with Crippen molar-refractivity contribution in [3.05, 3.63) is 0 Å². The quantitative estimate of drug-likeness (QED) is 0.337. The van der Waals surface area contributed by atoms with Crippen molar-refractivity contribution in [2.24, 2.45) is 0 Å². The molecule has 0 radical (unpaired) electrons. The van der Waals surface area contributed by atoms with Gasteiger partial charge in [-0.05, 0) is 0 Å². The Labute approximate surface area is 48.1 Å². The second-order valence-electron chi connectivity index (χ2n) is 0.435. The SMILES string of the molecule is COP(O)O.[AlH3]. The lowest BCUT2D eigenvalue weighted by atomic mass is 11.8. The molecule has 0 fully saturated rings. The molecule has 0 bridgehead atoms. The first-order valence-corrected chi connectivity index (χ1v) is 2.16. The molecule has 0 aliphatic heterocycles. The smallest absolute Gasteiger partial charge is 0.326 e. The topological polar surface area (TPSA) is 49.7 Å². The van der Waals surface area contributed by atoms with E-state index in [1.807, 2.05) is 0 Å². The number of rotatable bonds is 1. The van der Waals surface area contributed by atoms with Gasteiger partial charge in [-0.2, -0.15) is 0 Å². The van der Waals surface area contributed by atoms with E-state index in [2.05, 4.69) is 4.52 Å². The van der Waals surface area contributed by atoms with Crippen molar-refractivity contribution in [1.82, 2.24) is 0 Å². The largest absolute Gasteiger partial charge is 0.328 e. The summed E-state index contributed by atoms with van der Waals surface area (Å²) in [6, 6.07) is 0. The van der Waals surface area contributed by atoms with Crippen LogP contribution in [0.15, 0.2) is 0 Å². The first-order valence-electron chi connectivity index (χ1n) is 0.991. The van der Waals surface area contributed by atoms with Gasteiger partial charge in [0.1, 0.15) is 0 Å². The maximum Gasteiger partial charge on any atom is 0.326 e. The second kappa shape index (κ2) is 5.84. The molecule has 2 N–H and O–H groups in total. The van der Waals surface area contributed by atoms with Crippen molar-refractivity contribution in [1.29, 1.82) is 0 Å². The summed E-state index contributed by atoms with van der Waals surface area (Å²) in [7, 11) is -0.870. The van der Waals surface area contributed by atoms with Gasteiger partial charge in [0.25, 0.3) is 0 Å². The highest BCUT2D eigenvalue weighted by Crippen LogP contribution is 2.20. The molecule has 0 amide bonds. The number of hydrogen-bond donors (Lipinski definition) is 2. The Kier molecular flexibility index (Phi) is 9.70. The highest BCUT2D eigenvalue weighted by molar-refractivity contribution is 7.39. The van der Waals surface area contributed by atoms with Crippen molar-refractivity contribution in [3.63, 3.8) is 0 Å². The first kappa shape index (κ1) is 9.96. The molecule has 0 aromatic carbocycles. The number of hydrogen-bond acceptors (Lipinski definition) is 3. The summed E-state index contributed by atoms with van der Waals surface area (Å²) in [5.41, 5.74) is 0. The van der Waals surface area contributed by atoms with E-state index in [-0.39, 0.29) is 17.4 Å². The van der Waals surface area contributed by atoms with Crippen LogP contribution in [0, 0.1) is 0 Å². The molecule has 0 aromatic rings. The lowest BCUT2D eigenvalue weighted by Crippen LogP contribution is -1.67. The molecule has 0 atom stereocenters. The van der Waals surface area contributed by atoms with E-state index in [9.17, 15) is 0 Å². The molecule has 3 nitrogen and oxygen atoms in total. The fourth-order valence-electron chi connectivity index (χ4n) is 0. The van der Waals surface area contributed by atoms with E-state index in [0.29, 0.717) is 0 Å². The summed E-state index contributed by atoms with van der Waals surface area (Å²) in [5, 5.41) is 0. The summed E-state index contributed by atoms with van der Waals surface area (Å²) in [5.74, 6) is 0. The van der Waals surface area contributed by atoms with E-state index in [1.165, 1.54) is 7.11 Å². The third-order valence-electron chi connectivity index (χ3n) is 0.163. The van der Waals surface area contributed by atoms with Crippen LogP contribution in [0.2, 0.25) is 0 Å². The van der Waals surface area contributed by atoms with Gasteiger partial charge in [-0.3, -0.25) is 0 Å². The molecule has 0 spiro atoms. The average molecular weight is 126 g/mol. The fourth-order valence-corrected chi connectivity index (χ4v) is 0. The minimum absolute atomic E-state index is 0. The molecule has 0 unspecified atom stereocenters. The van der Waals surface area contributed by atoms with Gasteiger partial charge in [0.15, 0.2) is 17.4 Å². The van der Waals surface area contributed by atoms with Gasteiger partial charge in [-0.1, -0.05) is 0 Å². The molecule has 0 aliphatic rings. The minimum Gasteiger partial charge on any atom is -0.328 e. The molecule has 5 heteroatoms. The summed E-state index contributed by atoms with van der Waals surface area (Å²) in [6.45, 7) is 0. The zero-order valence-corrected chi connectivity index (χ0v) is 3.64. The molecule has 38 valence electrons. The van der Waals surface area contributed by atoms with Crippen LogP contribution in [0.25, 0.3) is 0 Å². The van der Waals surface area contributed by atoms with Crippen molar-refractivity contribution >= 4 is 26.0 Å². The lowest BCUT2D eigenvalue weighted by Gasteiger charge is -1.89. The third-order valence-corrected chi connectivity index (χ3v) is 0.490.